The molecule has 1 amide bonds. The van der Waals surface area contributed by atoms with E-state index in [2.05, 4.69) is 5.32 Å². The van der Waals surface area contributed by atoms with Crippen LogP contribution in [0.25, 0.3) is 11.3 Å². The molecule has 136 valence electrons. The molecule has 1 aliphatic carbocycles. The van der Waals surface area contributed by atoms with Crippen LogP contribution in [0.1, 0.15) is 37.9 Å². The summed E-state index contributed by atoms with van der Waals surface area (Å²) in [6, 6.07) is 10.6. The summed E-state index contributed by atoms with van der Waals surface area (Å²) in [6.45, 7) is 0. The summed E-state index contributed by atoms with van der Waals surface area (Å²) < 4.78 is 19.4. The quantitative estimate of drug-likeness (QED) is 0.845. The standard InChI is InChI=1S/C19H23FN2O2.ClH/c20-17-4-2-1-3-16(17)18-11-9-15(24-18)10-12-19(23)22-14-7-5-13(21)6-8-14;/h1-4,9,11,13-14H,5-8,10,12,21H2,(H,22,23);1H. The number of hydrogen-bond donors (Lipinski definition) is 2. The van der Waals surface area contributed by atoms with Crippen LogP contribution in [0.3, 0.4) is 0 Å². The highest BCUT2D eigenvalue weighted by Crippen LogP contribution is 2.25. The topological polar surface area (TPSA) is 68.3 Å². The van der Waals surface area contributed by atoms with Crippen molar-refractivity contribution in [3.8, 4) is 11.3 Å². The monoisotopic (exact) mass is 366 g/mol. The number of aryl methyl sites for hydroxylation is 1. The molecule has 0 radical (unpaired) electrons. The molecule has 0 aliphatic heterocycles. The SMILES string of the molecule is Cl.NC1CCC(NC(=O)CCc2ccc(-c3ccccc3F)o2)CC1. The van der Waals surface area contributed by atoms with Gasteiger partial charge in [-0.3, -0.25) is 4.79 Å². The summed E-state index contributed by atoms with van der Waals surface area (Å²) in [5.41, 5.74) is 6.31. The Kier molecular flexibility index (Phi) is 7.02. The highest BCUT2D eigenvalue weighted by molar-refractivity contribution is 5.85. The molecule has 1 aromatic carbocycles. The van der Waals surface area contributed by atoms with Gasteiger partial charge in [-0.25, -0.2) is 4.39 Å². The lowest BCUT2D eigenvalue weighted by Gasteiger charge is -2.26. The molecule has 4 nitrogen and oxygen atoms in total. The molecule has 3 N–H and O–H groups in total. The Balaban J connectivity index is 0.00000225. The van der Waals surface area contributed by atoms with Gasteiger partial charge in [-0.1, -0.05) is 12.1 Å². The number of nitrogens with two attached hydrogens (primary N) is 1. The number of furan rings is 1. The van der Waals surface area contributed by atoms with Crippen molar-refractivity contribution in [2.75, 3.05) is 0 Å². The van der Waals surface area contributed by atoms with Gasteiger partial charge in [0.25, 0.3) is 0 Å². The van der Waals surface area contributed by atoms with Gasteiger partial charge in [0.05, 0.1) is 5.56 Å². The van der Waals surface area contributed by atoms with Crippen LogP contribution in [0.4, 0.5) is 4.39 Å². The molecule has 0 unspecified atom stereocenters. The predicted octanol–water partition coefficient (Wildman–Crippen LogP) is 3.83. The number of rotatable bonds is 5. The van der Waals surface area contributed by atoms with Crippen molar-refractivity contribution in [1.29, 1.82) is 0 Å². The van der Waals surface area contributed by atoms with E-state index >= 15 is 0 Å². The number of benzene rings is 1. The number of halogens is 2. The van der Waals surface area contributed by atoms with E-state index in [0.29, 0.717) is 29.9 Å². The minimum absolute atomic E-state index is 0. The third-order valence-electron chi connectivity index (χ3n) is 4.54. The molecule has 25 heavy (non-hydrogen) atoms. The molecular weight excluding hydrogens is 343 g/mol. The molecule has 2 aromatic rings. The Morgan fingerprint density at radius 3 is 2.60 bits per heavy atom. The number of carbonyl (C=O) groups excluding carboxylic acids is 1. The Morgan fingerprint density at radius 1 is 1.16 bits per heavy atom. The van der Waals surface area contributed by atoms with Crippen LogP contribution in [-0.2, 0) is 11.2 Å². The van der Waals surface area contributed by atoms with Crippen molar-refractivity contribution in [2.24, 2.45) is 5.73 Å². The first-order valence-corrected chi connectivity index (χ1v) is 8.50. The third kappa shape index (κ3) is 5.31. The van der Waals surface area contributed by atoms with E-state index in [1.807, 2.05) is 0 Å². The predicted molar refractivity (Wildman–Crippen MR) is 98.0 cm³/mol. The zero-order valence-corrected chi connectivity index (χ0v) is 14.9. The van der Waals surface area contributed by atoms with Gasteiger partial charge in [-0.2, -0.15) is 0 Å². The van der Waals surface area contributed by atoms with Gasteiger partial charge in [-0.05, 0) is 49.9 Å². The molecular formula is C19H24ClFN2O2. The number of amides is 1. The normalized spacial score (nSPS) is 19.9. The van der Waals surface area contributed by atoms with E-state index in [-0.39, 0.29) is 36.2 Å². The largest absolute Gasteiger partial charge is 0.461 e. The fourth-order valence-corrected chi connectivity index (χ4v) is 3.12. The Bertz CT molecular complexity index is 696. The maximum absolute atomic E-state index is 13.8. The Labute approximate surface area is 153 Å². The lowest BCUT2D eigenvalue weighted by molar-refractivity contribution is -0.122. The smallest absolute Gasteiger partial charge is 0.220 e. The van der Waals surface area contributed by atoms with Crippen LogP contribution in [0.15, 0.2) is 40.8 Å². The van der Waals surface area contributed by atoms with Gasteiger partial charge in [0, 0.05) is 24.9 Å². The molecule has 6 heteroatoms. The van der Waals surface area contributed by atoms with Gasteiger partial charge < -0.3 is 15.5 Å². The fraction of sp³-hybridized carbons (Fsp3) is 0.421. The van der Waals surface area contributed by atoms with Crippen LogP contribution >= 0.6 is 12.4 Å². The molecule has 1 aliphatic rings. The first kappa shape index (κ1) is 19.5. The van der Waals surface area contributed by atoms with Gasteiger partial charge in [0.15, 0.2) is 0 Å². The van der Waals surface area contributed by atoms with Crippen LogP contribution in [-0.4, -0.2) is 18.0 Å². The zero-order chi connectivity index (χ0) is 16.9. The highest BCUT2D eigenvalue weighted by atomic mass is 35.5. The van der Waals surface area contributed by atoms with E-state index in [0.717, 1.165) is 25.7 Å². The molecule has 0 saturated heterocycles. The third-order valence-corrected chi connectivity index (χ3v) is 4.54. The van der Waals surface area contributed by atoms with E-state index < -0.39 is 0 Å². The molecule has 1 saturated carbocycles. The zero-order valence-electron chi connectivity index (χ0n) is 14.0. The summed E-state index contributed by atoms with van der Waals surface area (Å²) in [6.07, 6.45) is 4.71. The molecule has 1 aromatic heterocycles. The summed E-state index contributed by atoms with van der Waals surface area (Å²) >= 11 is 0. The van der Waals surface area contributed by atoms with Crippen molar-refractivity contribution in [3.05, 3.63) is 48.0 Å². The van der Waals surface area contributed by atoms with Crippen molar-refractivity contribution in [2.45, 2.75) is 50.6 Å². The molecule has 3 rings (SSSR count). The van der Waals surface area contributed by atoms with Crippen molar-refractivity contribution in [1.82, 2.24) is 5.32 Å². The van der Waals surface area contributed by atoms with Crippen LogP contribution < -0.4 is 11.1 Å². The summed E-state index contributed by atoms with van der Waals surface area (Å²) in [5, 5.41) is 3.06. The number of nitrogens with one attached hydrogen (secondary N) is 1. The van der Waals surface area contributed by atoms with E-state index in [4.69, 9.17) is 10.2 Å². The maximum atomic E-state index is 13.8. The van der Waals surface area contributed by atoms with Crippen molar-refractivity contribution < 1.29 is 13.6 Å². The molecule has 0 spiro atoms. The van der Waals surface area contributed by atoms with Gasteiger partial charge >= 0.3 is 0 Å². The molecule has 1 fully saturated rings. The first-order chi connectivity index (χ1) is 11.6. The lowest BCUT2D eigenvalue weighted by atomic mass is 9.92. The first-order valence-electron chi connectivity index (χ1n) is 8.50. The van der Waals surface area contributed by atoms with Gasteiger partial charge in [-0.15, -0.1) is 12.4 Å². The average Bonchev–Trinajstić information content (AvgIpc) is 3.04. The van der Waals surface area contributed by atoms with E-state index in [9.17, 15) is 9.18 Å². The Morgan fingerprint density at radius 2 is 1.88 bits per heavy atom. The lowest BCUT2D eigenvalue weighted by Crippen LogP contribution is -2.40. The second-order valence-electron chi connectivity index (χ2n) is 6.43. The molecule has 1 heterocycles. The van der Waals surface area contributed by atoms with E-state index in [1.54, 1.807) is 30.3 Å². The van der Waals surface area contributed by atoms with Gasteiger partial charge in [0.1, 0.15) is 17.3 Å². The Hall–Kier alpha value is -1.85. The summed E-state index contributed by atoms with van der Waals surface area (Å²) in [7, 11) is 0. The molecule has 0 bridgehead atoms. The molecule has 0 atom stereocenters. The summed E-state index contributed by atoms with van der Waals surface area (Å²) in [4.78, 5) is 12.1. The minimum atomic E-state index is -0.313. The number of hydrogen-bond acceptors (Lipinski definition) is 3. The van der Waals surface area contributed by atoms with E-state index in [1.165, 1.54) is 6.07 Å². The van der Waals surface area contributed by atoms with Crippen molar-refractivity contribution in [3.63, 3.8) is 0 Å². The maximum Gasteiger partial charge on any atom is 0.220 e. The second-order valence-corrected chi connectivity index (χ2v) is 6.43. The van der Waals surface area contributed by atoms with Crippen LogP contribution in [0, 0.1) is 5.82 Å². The average molecular weight is 367 g/mol. The fourth-order valence-electron chi connectivity index (χ4n) is 3.12. The highest BCUT2D eigenvalue weighted by Gasteiger charge is 2.20. The van der Waals surface area contributed by atoms with Crippen LogP contribution in [0.2, 0.25) is 0 Å². The second kappa shape index (κ2) is 9.02. The minimum Gasteiger partial charge on any atom is -0.461 e. The summed E-state index contributed by atoms with van der Waals surface area (Å²) in [5.74, 6) is 0.893. The number of carbonyl (C=O) groups is 1. The van der Waals surface area contributed by atoms with Gasteiger partial charge in [0.2, 0.25) is 5.91 Å². The van der Waals surface area contributed by atoms with Crippen LogP contribution in [0.5, 0.6) is 0 Å². The van der Waals surface area contributed by atoms with Crippen molar-refractivity contribution >= 4 is 18.3 Å².